The van der Waals surface area contributed by atoms with Gasteiger partial charge in [-0.2, -0.15) is 0 Å². The smallest absolute Gasteiger partial charge is 0.220 e. The Labute approximate surface area is 583 Å². The van der Waals surface area contributed by atoms with Gasteiger partial charge in [0, 0.05) is 6.42 Å². The number of aliphatic hydroxyl groups excluding tert-OH is 11. The maximum Gasteiger partial charge on any atom is 0.220 e. The predicted octanol–water partition coefficient (Wildman–Crippen LogP) is 13.0. The van der Waals surface area contributed by atoms with Gasteiger partial charge in [0.1, 0.15) is 73.2 Å². The first-order valence-corrected chi connectivity index (χ1v) is 40.3. The number of hydrogen-bond donors (Lipinski definition) is 12. The second kappa shape index (κ2) is 59.2. The highest BCUT2D eigenvalue weighted by Crippen LogP contribution is 2.33. The van der Waals surface area contributed by atoms with Crippen LogP contribution in [0, 0.1) is 0 Å². The average Bonchev–Trinajstić information content (AvgIpc) is 0.787. The molecule has 3 rings (SSSR count). The van der Waals surface area contributed by atoms with Gasteiger partial charge in [0.2, 0.25) is 5.91 Å². The fourth-order valence-electron chi connectivity index (χ4n) is 14.2. The molecule has 1 amide bonds. The molecule has 0 saturated carbocycles. The van der Waals surface area contributed by atoms with Gasteiger partial charge in [0.05, 0.1) is 38.6 Å². The van der Waals surface area contributed by atoms with Crippen molar-refractivity contribution in [2.24, 2.45) is 0 Å². The summed E-state index contributed by atoms with van der Waals surface area (Å²) in [6.45, 7) is 1.87. The lowest BCUT2D eigenvalue weighted by Crippen LogP contribution is -2.66. The summed E-state index contributed by atoms with van der Waals surface area (Å²) in [6, 6.07) is -0.883. The van der Waals surface area contributed by atoms with Crippen molar-refractivity contribution >= 4 is 5.91 Å². The zero-order chi connectivity index (χ0) is 69.6. The summed E-state index contributed by atoms with van der Waals surface area (Å²) in [5.74, 6) is -0.233. The van der Waals surface area contributed by atoms with E-state index in [1.807, 2.05) is 0 Å². The zero-order valence-corrected chi connectivity index (χ0v) is 60.9. The lowest BCUT2D eigenvalue weighted by molar-refractivity contribution is -0.379. The van der Waals surface area contributed by atoms with Crippen LogP contribution in [-0.2, 0) is 33.2 Å². The molecule has 3 aliphatic heterocycles. The molecule has 0 radical (unpaired) electrons. The maximum absolute atomic E-state index is 13.5. The van der Waals surface area contributed by atoms with Gasteiger partial charge in [0.15, 0.2) is 18.9 Å². The van der Waals surface area contributed by atoms with Gasteiger partial charge < -0.3 is 89.9 Å². The van der Waals surface area contributed by atoms with Crippen LogP contribution in [0.25, 0.3) is 0 Å². The molecule has 19 nitrogen and oxygen atoms in total. The summed E-state index contributed by atoms with van der Waals surface area (Å²) in [5.41, 5.74) is 0. The molecule has 17 unspecified atom stereocenters. The molecule has 3 heterocycles. The minimum atomic E-state index is -1.97. The Morgan fingerprint density at radius 2 is 0.594 bits per heavy atom. The SMILES string of the molecule is CCCCCCCCCCCCCCCCCCCCCCCCCCCCCCCCCCCC(=O)NC(COC1OC(CO)C(OC2OC(CO)C(OC3OC(CO)C(O)C(O)C3O)C(O)C2O)C(O)C1O)C(O)CCCCCCCCCCCCCCCCCCCC. The van der Waals surface area contributed by atoms with E-state index < -0.39 is 124 Å². The van der Waals surface area contributed by atoms with Crippen LogP contribution in [0.1, 0.15) is 354 Å². The van der Waals surface area contributed by atoms with Crippen LogP contribution in [-0.4, -0.2) is 193 Å². The van der Waals surface area contributed by atoms with Crippen LogP contribution in [0.2, 0.25) is 0 Å². The van der Waals surface area contributed by atoms with Gasteiger partial charge in [-0.05, 0) is 12.8 Å². The second-order valence-corrected chi connectivity index (χ2v) is 29.2. The number of ether oxygens (including phenoxy) is 6. The molecule has 3 fully saturated rings. The quantitative estimate of drug-likeness (QED) is 0.0252. The maximum atomic E-state index is 13.5. The number of hydrogen-bond acceptors (Lipinski definition) is 18. The fraction of sp³-hybridized carbons (Fsp3) is 0.987. The Morgan fingerprint density at radius 1 is 0.333 bits per heavy atom. The van der Waals surface area contributed by atoms with E-state index in [1.165, 1.54) is 276 Å². The second-order valence-electron chi connectivity index (χ2n) is 29.2. The Hall–Kier alpha value is -1.21. The molecule has 0 aromatic carbocycles. The summed E-state index contributed by atoms with van der Waals surface area (Å²) < 4.78 is 34.5. The number of nitrogens with one attached hydrogen (secondary N) is 1. The van der Waals surface area contributed by atoms with Gasteiger partial charge >= 0.3 is 0 Å². The summed E-state index contributed by atoms with van der Waals surface area (Å²) in [4.78, 5) is 13.5. The van der Waals surface area contributed by atoms with E-state index in [0.717, 1.165) is 44.9 Å². The first-order chi connectivity index (χ1) is 46.8. The Balaban J connectivity index is 1.33. The minimum absolute atomic E-state index is 0.233. The van der Waals surface area contributed by atoms with Crippen molar-refractivity contribution in [3.63, 3.8) is 0 Å². The van der Waals surface area contributed by atoms with Crippen LogP contribution in [0.4, 0.5) is 0 Å². The van der Waals surface area contributed by atoms with Crippen molar-refractivity contribution < 1.29 is 89.4 Å². The third-order valence-electron chi connectivity index (χ3n) is 20.7. The molecule has 0 bridgehead atoms. The summed E-state index contributed by atoms with van der Waals surface area (Å²) in [5, 5.41) is 121. The highest BCUT2D eigenvalue weighted by molar-refractivity contribution is 5.76. The zero-order valence-electron chi connectivity index (χ0n) is 60.9. The molecule has 19 heteroatoms. The Kier molecular flexibility index (Phi) is 54.9. The number of unbranched alkanes of at least 4 members (excludes halogenated alkanes) is 49. The number of carbonyl (C=O) groups is 1. The summed E-state index contributed by atoms with van der Waals surface area (Å²) >= 11 is 0. The van der Waals surface area contributed by atoms with Crippen molar-refractivity contribution in [2.45, 2.75) is 458 Å². The van der Waals surface area contributed by atoms with E-state index in [-0.39, 0.29) is 18.9 Å². The fourth-order valence-corrected chi connectivity index (χ4v) is 14.2. The molecule has 3 saturated heterocycles. The van der Waals surface area contributed by atoms with E-state index in [4.69, 9.17) is 28.4 Å². The van der Waals surface area contributed by atoms with E-state index >= 15 is 0 Å². The van der Waals surface area contributed by atoms with Crippen LogP contribution >= 0.6 is 0 Å². The molecule has 0 spiro atoms. The van der Waals surface area contributed by atoms with E-state index in [0.29, 0.717) is 12.8 Å². The highest BCUT2D eigenvalue weighted by Gasteiger charge is 2.54. The van der Waals surface area contributed by atoms with Crippen molar-refractivity contribution in [2.75, 3.05) is 26.4 Å². The normalized spacial score (nSPS) is 26.9. The van der Waals surface area contributed by atoms with Crippen molar-refractivity contribution in [1.29, 1.82) is 0 Å². The first-order valence-electron chi connectivity index (χ1n) is 40.3. The molecule has 17 atom stereocenters. The summed E-state index contributed by atoms with van der Waals surface area (Å²) in [6.07, 6.45) is 40.6. The first kappa shape index (κ1) is 89.0. The summed E-state index contributed by atoms with van der Waals surface area (Å²) in [7, 11) is 0. The third kappa shape index (κ3) is 39.4. The molecule has 0 aromatic heterocycles. The van der Waals surface area contributed by atoms with E-state index in [9.17, 15) is 61.0 Å². The van der Waals surface area contributed by atoms with Crippen LogP contribution < -0.4 is 5.32 Å². The van der Waals surface area contributed by atoms with Crippen molar-refractivity contribution in [3.8, 4) is 0 Å². The molecule has 3 aliphatic rings. The third-order valence-corrected chi connectivity index (χ3v) is 20.7. The largest absolute Gasteiger partial charge is 0.394 e. The van der Waals surface area contributed by atoms with Crippen molar-refractivity contribution in [3.05, 3.63) is 0 Å². The molecular formula is C77H149NO18. The van der Waals surface area contributed by atoms with Gasteiger partial charge in [-0.15, -0.1) is 0 Å². The predicted molar refractivity (Wildman–Crippen MR) is 379 cm³/mol. The molecule has 0 aromatic rings. The van der Waals surface area contributed by atoms with Crippen LogP contribution in [0.3, 0.4) is 0 Å². The number of rotatable bonds is 65. The molecule has 570 valence electrons. The number of amides is 1. The van der Waals surface area contributed by atoms with E-state index in [1.54, 1.807) is 0 Å². The number of carbonyl (C=O) groups excluding carboxylic acids is 1. The molecule has 12 N–H and O–H groups in total. The van der Waals surface area contributed by atoms with Gasteiger partial charge in [-0.3, -0.25) is 4.79 Å². The van der Waals surface area contributed by atoms with Crippen molar-refractivity contribution in [1.82, 2.24) is 5.32 Å². The average molecular weight is 1380 g/mol. The Bertz CT molecular complexity index is 1740. The van der Waals surface area contributed by atoms with E-state index in [2.05, 4.69) is 19.2 Å². The van der Waals surface area contributed by atoms with Crippen LogP contribution in [0.15, 0.2) is 0 Å². The van der Waals surface area contributed by atoms with Gasteiger partial charge in [-0.1, -0.05) is 335 Å². The minimum Gasteiger partial charge on any atom is -0.394 e. The topological polar surface area (TPSA) is 307 Å². The lowest BCUT2D eigenvalue weighted by Gasteiger charge is -2.48. The molecule has 0 aliphatic carbocycles. The lowest BCUT2D eigenvalue weighted by atomic mass is 9.96. The Morgan fingerprint density at radius 3 is 0.906 bits per heavy atom. The van der Waals surface area contributed by atoms with Gasteiger partial charge in [0.25, 0.3) is 0 Å². The monoisotopic (exact) mass is 1380 g/mol. The van der Waals surface area contributed by atoms with Gasteiger partial charge in [-0.25, -0.2) is 0 Å². The molecule has 96 heavy (non-hydrogen) atoms. The number of aliphatic hydroxyl groups is 11. The molecular weight excluding hydrogens is 1230 g/mol. The highest BCUT2D eigenvalue weighted by atomic mass is 16.8. The van der Waals surface area contributed by atoms with Crippen LogP contribution in [0.5, 0.6) is 0 Å². The standard InChI is InChI=1S/C77H149NO18/c1-3-5-7-9-11-13-15-17-19-21-23-24-25-26-27-28-29-30-31-32-33-34-35-36-37-39-41-43-45-47-49-51-53-55-65(83)78-60(61(82)54-52-50-48-46-44-42-40-38-22-20-18-16-14-12-10-8-6-4-2)59-91-75-71(89)68(86)73(63(57-80)93-75)96-77-72(90)69(87)74(64(58-81)94-77)95-76-70(88)67(85)66(84)62(56-79)92-76/h60-64,66-77,79-82,84-90H,3-59H2,1-2H3,(H,78,83).